The summed E-state index contributed by atoms with van der Waals surface area (Å²) in [4.78, 5) is 0. The van der Waals surface area contributed by atoms with E-state index < -0.39 is 16.1 Å². The molecule has 0 amide bonds. The molecule has 22 heavy (non-hydrogen) atoms. The lowest BCUT2D eigenvalue weighted by atomic mass is 9.96. The Hall–Kier alpha value is 0.571. The van der Waals surface area contributed by atoms with Gasteiger partial charge >= 0.3 is 0 Å². The fraction of sp³-hybridized carbons (Fsp3) is 1.00. The van der Waals surface area contributed by atoms with Gasteiger partial charge in [-0.15, -0.1) is 0 Å². The SMILES string of the molecule is C[Si](C)(C)C1(C([SiH3])C2([Si](C)(C)C)CCCCO2)CCCCO1. The summed E-state index contributed by atoms with van der Waals surface area (Å²) in [6.07, 6.45) is 7.77. The molecule has 0 N–H and O–H groups in total. The third-order valence-corrected chi connectivity index (χ3v) is 16.3. The van der Waals surface area contributed by atoms with E-state index in [2.05, 4.69) is 39.3 Å². The molecule has 0 aliphatic carbocycles. The molecule has 0 aromatic heterocycles. The standard InChI is InChI=1S/C17H38O2Si3/c1-21(2,3)16(11-7-9-13-18-16)15(20)17(22(4,5)6)12-8-10-14-19-17/h15H,7-14H2,1-6,20H3. The van der Waals surface area contributed by atoms with Crippen LogP contribution < -0.4 is 0 Å². The lowest BCUT2D eigenvalue weighted by molar-refractivity contribution is -0.0994. The summed E-state index contributed by atoms with van der Waals surface area (Å²) >= 11 is 0. The minimum absolute atomic E-state index is 0.162. The van der Waals surface area contributed by atoms with Gasteiger partial charge in [0.25, 0.3) is 0 Å². The average molecular weight is 359 g/mol. The molecular weight excluding hydrogens is 320 g/mol. The molecule has 2 aliphatic rings. The van der Waals surface area contributed by atoms with E-state index in [9.17, 15) is 0 Å². The van der Waals surface area contributed by atoms with Gasteiger partial charge in [-0.3, -0.25) is 0 Å². The number of hydrogen-bond donors (Lipinski definition) is 0. The molecule has 2 unspecified atom stereocenters. The highest BCUT2D eigenvalue weighted by Crippen LogP contribution is 2.53. The summed E-state index contributed by atoms with van der Waals surface area (Å²) < 4.78 is 13.4. The third-order valence-electron chi connectivity index (χ3n) is 6.54. The first-order valence-electron chi connectivity index (χ1n) is 9.35. The molecule has 2 aliphatic heterocycles. The molecule has 2 atom stereocenters. The van der Waals surface area contributed by atoms with E-state index in [1.165, 1.54) is 48.8 Å². The van der Waals surface area contributed by atoms with E-state index in [0.29, 0.717) is 5.54 Å². The fourth-order valence-electron chi connectivity index (χ4n) is 5.17. The average Bonchev–Trinajstić information content (AvgIpc) is 2.45. The van der Waals surface area contributed by atoms with Crippen molar-refractivity contribution in [2.75, 3.05) is 13.2 Å². The largest absolute Gasteiger partial charge is 0.378 e. The molecule has 5 heteroatoms. The summed E-state index contributed by atoms with van der Waals surface area (Å²) in [5, 5.41) is 0.324. The molecule has 2 rings (SSSR count). The van der Waals surface area contributed by atoms with Crippen LogP contribution in [-0.4, -0.2) is 50.1 Å². The molecule has 0 radical (unpaired) electrons. The van der Waals surface area contributed by atoms with E-state index in [0.717, 1.165) is 13.2 Å². The minimum atomic E-state index is -1.42. The van der Waals surface area contributed by atoms with Crippen LogP contribution in [-0.2, 0) is 9.47 Å². The quantitative estimate of drug-likeness (QED) is 0.712. The van der Waals surface area contributed by atoms with Gasteiger partial charge in [0.2, 0.25) is 0 Å². The van der Waals surface area contributed by atoms with E-state index in [1.54, 1.807) is 0 Å². The first-order chi connectivity index (χ1) is 10.1. The maximum absolute atomic E-state index is 6.70. The maximum atomic E-state index is 6.70. The summed E-state index contributed by atoms with van der Waals surface area (Å²) in [6, 6.07) is 0. The monoisotopic (exact) mass is 358 g/mol. The van der Waals surface area contributed by atoms with Crippen molar-refractivity contribution in [3.63, 3.8) is 0 Å². The molecule has 0 aromatic rings. The molecule has 2 fully saturated rings. The summed E-state index contributed by atoms with van der Waals surface area (Å²) in [5.74, 6) is 0. The van der Waals surface area contributed by atoms with Crippen LogP contribution in [0.25, 0.3) is 0 Å². The first kappa shape index (κ1) is 18.9. The number of hydrogen-bond acceptors (Lipinski definition) is 2. The van der Waals surface area contributed by atoms with Crippen LogP contribution in [0, 0.1) is 0 Å². The zero-order valence-electron chi connectivity index (χ0n) is 16.1. The molecule has 0 saturated carbocycles. The lowest BCUT2D eigenvalue weighted by Gasteiger charge is -2.60. The summed E-state index contributed by atoms with van der Waals surface area (Å²) in [7, 11) is -1.65. The van der Waals surface area contributed by atoms with Crippen LogP contribution in [0.4, 0.5) is 0 Å². The van der Waals surface area contributed by atoms with Crippen molar-refractivity contribution in [2.45, 2.75) is 93.8 Å². The van der Waals surface area contributed by atoms with Crippen LogP contribution in [0.15, 0.2) is 0 Å². The van der Waals surface area contributed by atoms with E-state index in [4.69, 9.17) is 9.47 Å². The van der Waals surface area contributed by atoms with Crippen LogP contribution >= 0.6 is 0 Å². The Morgan fingerprint density at radius 1 is 0.727 bits per heavy atom. The van der Waals surface area contributed by atoms with Crippen LogP contribution in [0.3, 0.4) is 0 Å². The maximum Gasteiger partial charge on any atom is 0.0825 e. The number of rotatable bonds is 4. The topological polar surface area (TPSA) is 18.5 Å². The van der Waals surface area contributed by atoms with Crippen LogP contribution in [0.1, 0.15) is 38.5 Å². The Labute approximate surface area is 143 Å². The van der Waals surface area contributed by atoms with Crippen molar-refractivity contribution in [1.82, 2.24) is 0 Å². The molecule has 0 aromatic carbocycles. The Bertz CT molecular complexity index is 336. The Kier molecular flexibility index (Phi) is 5.56. The molecule has 2 heterocycles. The third kappa shape index (κ3) is 3.08. The van der Waals surface area contributed by atoms with Gasteiger partial charge in [-0.05, 0) is 44.1 Å². The minimum Gasteiger partial charge on any atom is -0.378 e. The Morgan fingerprint density at radius 3 is 1.32 bits per heavy atom. The van der Waals surface area contributed by atoms with Crippen molar-refractivity contribution >= 4 is 26.4 Å². The summed E-state index contributed by atoms with van der Waals surface area (Å²) in [6.45, 7) is 17.1. The van der Waals surface area contributed by atoms with Crippen molar-refractivity contribution in [2.24, 2.45) is 0 Å². The highest BCUT2D eigenvalue weighted by molar-refractivity contribution is 6.82. The normalized spacial score (nSPS) is 36.3. The van der Waals surface area contributed by atoms with E-state index in [1.807, 2.05) is 0 Å². The summed E-state index contributed by atoms with van der Waals surface area (Å²) in [5.41, 5.74) is 0.666. The second kappa shape index (κ2) is 6.47. The zero-order chi connectivity index (χ0) is 16.6. The lowest BCUT2D eigenvalue weighted by Crippen LogP contribution is -2.69. The van der Waals surface area contributed by atoms with Gasteiger partial charge < -0.3 is 9.47 Å². The van der Waals surface area contributed by atoms with Gasteiger partial charge in [0, 0.05) is 23.5 Å². The van der Waals surface area contributed by atoms with Crippen molar-refractivity contribution in [3.8, 4) is 0 Å². The zero-order valence-corrected chi connectivity index (χ0v) is 20.1. The van der Waals surface area contributed by atoms with E-state index in [-0.39, 0.29) is 10.4 Å². The van der Waals surface area contributed by atoms with Gasteiger partial charge in [0.15, 0.2) is 0 Å². The molecule has 0 bridgehead atoms. The van der Waals surface area contributed by atoms with Gasteiger partial charge in [-0.2, -0.15) is 0 Å². The van der Waals surface area contributed by atoms with Crippen molar-refractivity contribution in [3.05, 3.63) is 0 Å². The highest BCUT2D eigenvalue weighted by atomic mass is 28.3. The Balaban J connectivity index is 2.45. The highest BCUT2D eigenvalue weighted by Gasteiger charge is 2.60. The van der Waals surface area contributed by atoms with Crippen LogP contribution in [0.2, 0.25) is 44.8 Å². The van der Waals surface area contributed by atoms with Crippen molar-refractivity contribution in [1.29, 1.82) is 0 Å². The second-order valence-corrected chi connectivity index (χ2v) is 21.5. The van der Waals surface area contributed by atoms with Gasteiger partial charge in [0.05, 0.1) is 26.6 Å². The second-order valence-electron chi connectivity index (χ2n) is 9.61. The number of ether oxygens (including phenoxy) is 2. The first-order valence-corrected chi connectivity index (χ1v) is 17.5. The molecule has 2 saturated heterocycles. The van der Waals surface area contributed by atoms with Crippen LogP contribution in [0.5, 0.6) is 0 Å². The molecule has 130 valence electrons. The Morgan fingerprint density at radius 2 is 1.09 bits per heavy atom. The van der Waals surface area contributed by atoms with E-state index >= 15 is 0 Å². The van der Waals surface area contributed by atoms with Gasteiger partial charge in [0.1, 0.15) is 0 Å². The van der Waals surface area contributed by atoms with Gasteiger partial charge in [-0.25, -0.2) is 0 Å². The fourth-order valence-corrected chi connectivity index (χ4v) is 17.4. The predicted octanol–water partition coefficient (Wildman–Crippen LogP) is 3.77. The smallest absolute Gasteiger partial charge is 0.0825 e. The molecule has 0 spiro atoms. The molecule has 2 nitrogen and oxygen atoms in total. The van der Waals surface area contributed by atoms with Crippen molar-refractivity contribution < 1.29 is 9.47 Å². The van der Waals surface area contributed by atoms with Gasteiger partial charge in [-0.1, -0.05) is 39.3 Å². The molecular formula is C17H38O2Si3. The predicted molar refractivity (Wildman–Crippen MR) is 105 cm³/mol.